The van der Waals surface area contributed by atoms with Gasteiger partial charge in [-0.1, -0.05) is 0 Å². The number of carbonyl (C=O) groups is 2. The molecule has 2 aromatic rings. The molecule has 0 radical (unpaired) electrons. The summed E-state index contributed by atoms with van der Waals surface area (Å²) in [4.78, 5) is 27.2. The number of fused-ring (bicyclic) bond motifs is 1. The Morgan fingerprint density at radius 2 is 2.04 bits per heavy atom. The Kier molecular flexibility index (Phi) is 3.91. The Balaban J connectivity index is 1.49. The average Bonchev–Trinajstić information content (AvgIpc) is 3.28. The topological polar surface area (TPSA) is 73.7 Å². The van der Waals surface area contributed by atoms with Gasteiger partial charge in [0.25, 0.3) is 5.91 Å². The molecule has 7 heteroatoms. The third-order valence-corrected chi connectivity index (χ3v) is 4.67. The van der Waals surface area contributed by atoms with Crippen molar-refractivity contribution in [2.24, 2.45) is 13.0 Å². The molecule has 4 rings (SSSR count). The Morgan fingerprint density at radius 3 is 2.84 bits per heavy atom. The zero-order valence-corrected chi connectivity index (χ0v) is 14.0. The largest absolute Gasteiger partial charge is 0.454 e. The van der Waals surface area contributed by atoms with Crippen molar-refractivity contribution < 1.29 is 19.1 Å². The highest BCUT2D eigenvalue weighted by Gasteiger charge is 2.31. The number of hydrogen-bond donors (Lipinski definition) is 0. The van der Waals surface area contributed by atoms with E-state index in [2.05, 4.69) is 5.10 Å². The highest BCUT2D eigenvalue weighted by Crippen LogP contribution is 2.34. The number of aromatic nitrogens is 2. The predicted molar refractivity (Wildman–Crippen MR) is 88.7 cm³/mol. The summed E-state index contributed by atoms with van der Waals surface area (Å²) in [5, 5.41) is 4.16. The van der Waals surface area contributed by atoms with Crippen LogP contribution >= 0.6 is 0 Å². The lowest BCUT2D eigenvalue weighted by Gasteiger charge is -2.31. The van der Waals surface area contributed by atoms with Crippen LogP contribution in [0.1, 0.15) is 33.7 Å². The van der Waals surface area contributed by atoms with E-state index in [0.29, 0.717) is 35.8 Å². The minimum Gasteiger partial charge on any atom is -0.454 e. The van der Waals surface area contributed by atoms with Gasteiger partial charge in [0.15, 0.2) is 17.3 Å². The van der Waals surface area contributed by atoms with Crippen LogP contribution in [0, 0.1) is 5.92 Å². The number of aryl methyl sites for hydroxylation is 1. The second-order valence-corrected chi connectivity index (χ2v) is 6.40. The predicted octanol–water partition coefficient (Wildman–Crippen LogP) is 1.88. The van der Waals surface area contributed by atoms with E-state index in [-0.39, 0.29) is 24.4 Å². The van der Waals surface area contributed by atoms with Crippen molar-refractivity contribution in [1.29, 1.82) is 0 Å². The molecule has 3 heterocycles. The first-order chi connectivity index (χ1) is 12.1. The molecule has 130 valence electrons. The molecule has 0 spiro atoms. The highest BCUT2D eigenvalue weighted by atomic mass is 16.7. The number of nitrogens with zero attached hydrogens (tertiary/aromatic N) is 3. The number of benzene rings is 1. The summed E-state index contributed by atoms with van der Waals surface area (Å²) in [5.41, 5.74) is 1.01. The summed E-state index contributed by atoms with van der Waals surface area (Å²) in [6.45, 7) is 1.26. The molecule has 1 atom stereocenters. The van der Waals surface area contributed by atoms with E-state index in [4.69, 9.17) is 9.47 Å². The molecule has 7 nitrogen and oxygen atoms in total. The quantitative estimate of drug-likeness (QED) is 0.797. The van der Waals surface area contributed by atoms with Gasteiger partial charge in [-0.2, -0.15) is 5.10 Å². The number of ketones is 1. The molecule has 0 unspecified atom stereocenters. The van der Waals surface area contributed by atoms with Gasteiger partial charge in [0.2, 0.25) is 6.79 Å². The van der Waals surface area contributed by atoms with Crippen LogP contribution in [0.25, 0.3) is 0 Å². The van der Waals surface area contributed by atoms with Crippen molar-refractivity contribution in [1.82, 2.24) is 14.7 Å². The van der Waals surface area contributed by atoms with E-state index >= 15 is 0 Å². The second-order valence-electron chi connectivity index (χ2n) is 6.40. The molecule has 1 fully saturated rings. The van der Waals surface area contributed by atoms with Gasteiger partial charge in [0.1, 0.15) is 5.69 Å². The summed E-state index contributed by atoms with van der Waals surface area (Å²) in [6.07, 6.45) is 3.32. The molecule has 25 heavy (non-hydrogen) atoms. The maximum atomic E-state index is 12.9. The summed E-state index contributed by atoms with van der Waals surface area (Å²) >= 11 is 0. The molecule has 0 aliphatic carbocycles. The van der Waals surface area contributed by atoms with Crippen LogP contribution in [-0.2, 0) is 7.05 Å². The Bertz CT molecular complexity index is 829. The first-order valence-corrected chi connectivity index (χ1v) is 8.34. The van der Waals surface area contributed by atoms with E-state index in [9.17, 15) is 9.59 Å². The van der Waals surface area contributed by atoms with Gasteiger partial charge in [-0.25, -0.2) is 0 Å². The van der Waals surface area contributed by atoms with Crippen LogP contribution in [0.4, 0.5) is 0 Å². The standard InChI is InChI=1S/C18H19N3O4/c1-20-8-6-14(19-20)18(23)21-7-2-3-13(10-21)17(22)12-4-5-15-16(9-12)25-11-24-15/h4-6,8-9,13H,2-3,7,10-11H2,1H3/t13-/m0/s1. The van der Waals surface area contributed by atoms with Crippen LogP contribution in [0.2, 0.25) is 0 Å². The van der Waals surface area contributed by atoms with E-state index in [0.717, 1.165) is 12.8 Å². The van der Waals surface area contributed by atoms with E-state index in [1.165, 1.54) is 0 Å². The number of carbonyl (C=O) groups excluding carboxylic acids is 2. The Hall–Kier alpha value is -2.83. The number of likely N-dealkylation sites (tertiary alicyclic amines) is 1. The number of amides is 1. The van der Waals surface area contributed by atoms with Gasteiger partial charge in [0.05, 0.1) is 0 Å². The number of Topliss-reactive ketones (excluding diaryl/α,β-unsaturated/α-hetero) is 1. The van der Waals surface area contributed by atoms with Crippen LogP contribution in [0.3, 0.4) is 0 Å². The third-order valence-electron chi connectivity index (χ3n) is 4.67. The second kappa shape index (κ2) is 6.23. The number of hydrogen-bond acceptors (Lipinski definition) is 5. The maximum Gasteiger partial charge on any atom is 0.274 e. The van der Waals surface area contributed by atoms with Gasteiger partial charge in [-0.05, 0) is 37.1 Å². The smallest absolute Gasteiger partial charge is 0.274 e. The van der Waals surface area contributed by atoms with E-state index in [1.54, 1.807) is 47.1 Å². The van der Waals surface area contributed by atoms with E-state index < -0.39 is 0 Å². The summed E-state index contributed by atoms with van der Waals surface area (Å²) in [6, 6.07) is 6.94. The molecule has 1 saturated heterocycles. The van der Waals surface area contributed by atoms with Crippen LogP contribution in [-0.4, -0.2) is 46.3 Å². The van der Waals surface area contributed by atoms with Gasteiger partial charge in [0, 0.05) is 37.8 Å². The van der Waals surface area contributed by atoms with Gasteiger partial charge in [-0.3, -0.25) is 14.3 Å². The fourth-order valence-corrected chi connectivity index (χ4v) is 3.35. The van der Waals surface area contributed by atoms with Crippen molar-refractivity contribution in [3.63, 3.8) is 0 Å². The van der Waals surface area contributed by atoms with Crippen LogP contribution in [0.5, 0.6) is 11.5 Å². The Morgan fingerprint density at radius 1 is 1.20 bits per heavy atom. The zero-order valence-electron chi connectivity index (χ0n) is 14.0. The number of ether oxygens (including phenoxy) is 2. The van der Waals surface area contributed by atoms with Crippen molar-refractivity contribution >= 4 is 11.7 Å². The third kappa shape index (κ3) is 2.97. The van der Waals surface area contributed by atoms with Crippen molar-refractivity contribution in [3.05, 3.63) is 41.7 Å². The lowest BCUT2D eigenvalue weighted by molar-refractivity contribution is 0.0631. The summed E-state index contributed by atoms with van der Waals surface area (Å²) in [5.74, 6) is 0.970. The molecule has 0 bridgehead atoms. The Labute approximate surface area is 145 Å². The average molecular weight is 341 g/mol. The molecular formula is C18H19N3O4. The fourth-order valence-electron chi connectivity index (χ4n) is 3.35. The molecule has 2 aliphatic heterocycles. The molecule has 1 aromatic carbocycles. The monoisotopic (exact) mass is 341 g/mol. The molecular weight excluding hydrogens is 322 g/mol. The first-order valence-electron chi connectivity index (χ1n) is 8.34. The SMILES string of the molecule is Cn1ccc(C(=O)N2CCC[C@H](C(=O)c3ccc4c(c3)OCO4)C2)n1. The van der Waals surface area contributed by atoms with Crippen molar-refractivity contribution in [3.8, 4) is 11.5 Å². The number of rotatable bonds is 3. The zero-order chi connectivity index (χ0) is 17.4. The van der Waals surface area contributed by atoms with Crippen LogP contribution in [0.15, 0.2) is 30.5 Å². The van der Waals surface area contributed by atoms with Gasteiger partial charge >= 0.3 is 0 Å². The molecule has 1 amide bonds. The van der Waals surface area contributed by atoms with Crippen LogP contribution < -0.4 is 9.47 Å². The maximum absolute atomic E-state index is 12.9. The highest BCUT2D eigenvalue weighted by molar-refractivity contribution is 5.99. The van der Waals surface area contributed by atoms with E-state index in [1.807, 2.05) is 0 Å². The minimum absolute atomic E-state index is 0.0387. The number of piperidine rings is 1. The van der Waals surface area contributed by atoms with Gasteiger partial charge in [-0.15, -0.1) is 0 Å². The minimum atomic E-state index is -0.207. The lowest BCUT2D eigenvalue weighted by Crippen LogP contribution is -2.42. The molecule has 1 aromatic heterocycles. The molecule has 0 saturated carbocycles. The molecule has 2 aliphatic rings. The fraction of sp³-hybridized carbons (Fsp3) is 0.389. The summed E-state index contributed by atoms with van der Waals surface area (Å²) in [7, 11) is 1.78. The first kappa shape index (κ1) is 15.7. The normalized spacial score (nSPS) is 19.1. The summed E-state index contributed by atoms with van der Waals surface area (Å²) < 4.78 is 12.2. The van der Waals surface area contributed by atoms with Gasteiger partial charge < -0.3 is 14.4 Å². The van der Waals surface area contributed by atoms with Crippen molar-refractivity contribution in [2.75, 3.05) is 19.9 Å². The lowest BCUT2D eigenvalue weighted by atomic mass is 9.89. The molecule has 0 N–H and O–H groups in total. The van der Waals surface area contributed by atoms with Crippen molar-refractivity contribution in [2.45, 2.75) is 12.8 Å².